The van der Waals surface area contributed by atoms with E-state index < -0.39 is 0 Å². The third-order valence-electron chi connectivity index (χ3n) is 4.63. The summed E-state index contributed by atoms with van der Waals surface area (Å²) in [6, 6.07) is 5.57. The molecule has 0 spiro atoms. The Labute approximate surface area is 149 Å². The van der Waals surface area contributed by atoms with E-state index in [2.05, 4.69) is 82.3 Å². The minimum atomic E-state index is 0.310. The summed E-state index contributed by atoms with van der Waals surface area (Å²) in [5, 5.41) is 0. The van der Waals surface area contributed by atoms with Crippen molar-refractivity contribution in [3.05, 3.63) is 23.9 Å². The van der Waals surface area contributed by atoms with Crippen LogP contribution >= 0.6 is 0 Å². The summed E-state index contributed by atoms with van der Waals surface area (Å²) in [5.74, 6) is 1.14. The molecule has 1 saturated heterocycles. The van der Waals surface area contributed by atoms with E-state index in [0.717, 1.165) is 31.9 Å². The zero-order valence-corrected chi connectivity index (χ0v) is 17.1. The highest BCUT2D eigenvalue weighted by Gasteiger charge is 2.32. The standard InChI is InChI=1S/C21H37N3/c1-16-13-23(14-17(2)24(16)15-21(6,7)8)19-11-18(9-10-22-19)12-20(3,4)5/h9-11,16-17H,12-15H2,1-8H3. The fourth-order valence-electron chi connectivity index (χ4n) is 3.76. The number of nitrogens with zero attached hydrogens (tertiary/aromatic N) is 3. The zero-order valence-electron chi connectivity index (χ0n) is 17.1. The van der Waals surface area contributed by atoms with Crippen molar-refractivity contribution in [3.8, 4) is 0 Å². The van der Waals surface area contributed by atoms with Gasteiger partial charge in [-0.25, -0.2) is 4.98 Å². The summed E-state index contributed by atoms with van der Waals surface area (Å²) in [5.41, 5.74) is 2.05. The normalized spacial score (nSPS) is 23.6. The molecule has 0 amide bonds. The Bertz CT molecular complexity index is 527. The summed E-state index contributed by atoms with van der Waals surface area (Å²) >= 11 is 0. The highest BCUT2D eigenvalue weighted by atomic mass is 15.3. The van der Waals surface area contributed by atoms with Crippen LogP contribution in [0.25, 0.3) is 0 Å². The summed E-state index contributed by atoms with van der Waals surface area (Å²) in [6.07, 6.45) is 3.07. The van der Waals surface area contributed by atoms with Gasteiger partial charge in [-0.1, -0.05) is 41.5 Å². The predicted molar refractivity (Wildman–Crippen MR) is 105 cm³/mol. The van der Waals surface area contributed by atoms with Gasteiger partial charge in [0.05, 0.1) is 0 Å². The molecule has 3 nitrogen and oxygen atoms in total. The zero-order chi connectivity index (χ0) is 18.1. The van der Waals surface area contributed by atoms with Gasteiger partial charge in [0.25, 0.3) is 0 Å². The number of anilines is 1. The Hall–Kier alpha value is -1.09. The molecular weight excluding hydrogens is 294 g/mol. The first-order chi connectivity index (χ1) is 10.9. The molecule has 0 radical (unpaired) electrons. The van der Waals surface area contributed by atoms with Crippen molar-refractivity contribution in [2.24, 2.45) is 10.8 Å². The van der Waals surface area contributed by atoms with E-state index in [4.69, 9.17) is 0 Å². The summed E-state index contributed by atoms with van der Waals surface area (Å²) in [6.45, 7) is 21.9. The van der Waals surface area contributed by atoms with Crippen LogP contribution in [0.3, 0.4) is 0 Å². The molecule has 2 unspecified atom stereocenters. The van der Waals surface area contributed by atoms with Crippen molar-refractivity contribution >= 4 is 5.82 Å². The summed E-state index contributed by atoms with van der Waals surface area (Å²) < 4.78 is 0. The molecule has 0 aliphatic carbocycles. The van der Waals surface area contributed by atoms with Crippen LogP contribution in [0.15, 0.2) is 18.3 Å². The fraction of sp³-hybridized carbons (Fsp3) is 0.762. The van der Waals surface area contributed by atoms with E-state index in [1.165, 1.54) is 5.56 Å². The molecule has 1 aromatic heterocycles. The second-order valence-electron chi connectivity index (χ2n) is 10.1. The van der Waals surface area contributed by atoms with Crippen molar-refractivity contribution in [3.63, 3.8) is 0 Å². The number of hydrogen-bond acceptors (Lipinski definition) is 3. The van der Waals surface area contributed by atoms with Crippen molar-refractivity contribution in [2.75, 3.05) is 24.5 Å². The van der Waals surface area contributed by atoms with Crippen molar-refractivity contribution in [2.45, 2.75) is 73.9 Å². The molecule has 24 heavy (non-hydrogen) atoms. The highest BCUT2D eigenvalue weighted by Crippen LogP contribution is 2.27. The second kappa shape index (κ2) is 7.03. The van der Waals surface area contributed by atoms with Crippen LogP contribution in [0.4, 0.5) is 5.82 Å². The predicted octanol–water partition coefficient (Wildman–Crippen LogP) is 4.62. The molecule has 2 atom stereocenters. The van der Waals surface area contributed by atoms with Crippen LogP contribution in [0, 0.1) is 10.8 Å². The van der Waals surface area contributed by atoms with Gasteiger partial charge in [-0.3, -0.25) is 4.90 Å². The molecule has 1 aromatic rings. The van der Waals surface area contributed by atoms with Gasteiger partial charge in [0.1, 0.15) is 5.82 Å². The van der Waals surface area contributed by atoms with Crippen LogP contribution in [-0.2, 0) is 6.42 Å². The smallest absolute Gasteiger partial charge is 0.128 e. The van der Waals surface area contributed by atoms with Crippen LogP contribution in [0.2, 0.25) is 0 Å². The number of rotatable bonds is 3. The van der Waals surface area contributed by atoms with E-state index in [0.29, 0.717) is 22.9 Å². The van der Waals surface area contributed by atoms with Gasteiger partial charge in [-0.15, -0.1) is 0 Å². The SMILES string of the molecule is CC1CN(c2cc(CC(C)(C)C)ccn2)CC(C)N1CC(C)(C)C. The molecule has 0 saturated carbocycles. The first-order valence-corrected chi connectivity index (χ1v) is 9.40. The van der Waals surface area contributed by atoms with Crippen LogP contribution in [0.1, 0.15) is 61.0 Å². The first-order valence-electron chi connectivity index (χ1n) is 9.40. The molecule has 0 N–H and O–H groups in total. The second-order valence-corrected chi connectivity index (χ2v) is 10.1. The van der Waals surface area contributed by atoms with Crippen LogP contribution in [-0.4, -0.2) is 41.6 Å². The quantitative estimate of drug-likeness (QED) is 0.806. The van der Waals surface area contributed by atoms with E-state index >= 15 is 0 Å². The van der Waals surface area contributed by atoms with Crippen LogP contribution in [0.5, 0.6) is 0 Å². The number of pyridine rings is 1. The number of aromatic nitrogens is 1. The topological polar surface area (TPSA) is 19.4 Å². The van der Waals surface area contributed by atoms with Gasteiger partial charge in [-0.2, -0.15) is 0 Å². The molecule has 1 aliphatic heterocycles. The number of hydrogen-bond donors (Lipinski definition) is 0. The fourth-order valence-corrected chi connectivity index (χ4v) is 3.76. The van der Waals surface area contributed by atoms with Gasteiger partial charge < -0.3 is 4.90 Å². The lowest BCUT2D eigenvalue weighted by Crippen LogP contribution is -2.58. The van der Waals surface area contributed by atoms with E-state index in [9.17, 15) is 0 Å². The lowest BCUT2D eigenvalue weighted by molar-refractivity contribution is 0.0881. The molecule has 0 aromatic carbocycles. The highest BCUT2D eigenvalue weighted by molar-refractivity contribution is 5.42. The number of piperazine rings is 1. The molecule has 3 heteroatoms. The molecular formula is C21H37N3. The van der Waals surface area contributed by atoms with Gasteiger partial charge in [-0.05, 0) is 48.8 Å². The molecule has 0 bridgehead atoms. The lowest BCUT2D eigenvalue weighted by Gasteiger charge is -2.47. The Kier molecular flexibility index (Phi) is 5.64. The van der Waals surface area contributed by atoms with Gasteiger partial charge >= 0.3 is 0 Å². The van der Waals surface area contributed by atoms with Crippen molar-refractivity contribution in [1.29, 1.82) is 0 Å². The molecule has 2 heterocycles. The largest absolute Gasteiger partial charge is 0.353 e. The minimum Gasteiger partial charge on any atom is -0.353 e. The Morgan fingerprint density at radius 3 is 2.08 bits per heavy atom. The first kappa shape index (κ1) is 19.2. The van der Waals surface area contributed by atoms with E-state index in [-0.39, 0.29) is 0 Å². The maximum Gasteiger partial charge on any atom is 0.128 e. The van der Waals surface area contributed by atoms with Gasteiger partial charge in [0.2, 0.25) is 0 Å². The average Bonchev–Trinajstić information content (AvgIpc) is 2.40. The molecule has 2 rings (SSSR count). The van der Waals surface area contributed by atoms with Crippen molar-refractivity contribution < 1.29 is 0 Å². The third kappa shape index (κ3) is 5.47. The summed E-state index contributed by atoms with van der Waals surface area (Å²) in [4.78, 5) is 9.80. The van der Waals surface area contributed by atoms with Gasteiger partial charge in [0.15, 0.2) is 0 Å². The maximum absolute atomic E-state index is 4.67. The van der Waals surface area contributed by atoms with Crippen molar-refractivity contribution in [1.82, 2.24) is 9.88 Å². The van der Waals surface area contributed by atoms with Gasteiger partial charge in [0, 0.05) is 37.9 Å². The summed E-state index contributed by atoms with van der Waals surface area (Å²) in [7, 11) is 0. The third-order valence-corrected chi connectivity index (χ3v) is 4.63. The van der Waals surface area contributed by atoms with Crippen LogP contribution < -0.4 is 4.90 Å². The monoisotopic (exact) mass is 331 g/mol. The molecule has 136 valence electrons. The lowest BCUT2D eigenvalue weighted by atomic mass is 9.88. The Morgan fingerprint density at radius 1 is 1.00 bits per heavy atom. The van der Waals surface area contributed by atoms with E-state index in [1.54, 1.807) is 0 Å². The molecule has 1 aliphatic rings. The Balaban J connectivity index is 2.11. The van der Waals surface area contributed by atoms with E-state index in [1.807, 2.05) is 6.20 Å². The maximum atomic E-state index is 4.67. The Morgan fingerprint density at radius 2 is 1.58 bits per heavy atom. The molecule has 1 fully saturated rings. The average molecular weight is 332 g/mol. The minimum absolute atomic E-state index is 0.310.